The minimum absolute atomic E-state index is 0.0688. The molecule has 10 nitrogen and oxygen atoms in total. The molecule has 0 aliphatic heterocycles. The molecule has 0 bridgehead atoms. The quantitative estimate of drug-likeness (QED) is 0.257. The Balaban J connectivity index is 1.45. The molecule has 14 heteroatoms. The topological polar surface area (TPSA) is 135 Å². The monoisotopic (exact) mass is 548 g/mol. The van der Waals surface area contributed by atoms with Crippen LogP contribution in [0.2, 0.25) is 0 Å². The van der Waals surface area contributed by atoms with Gasteiger partial charge in [-0.2, -0.15) is 18.3 Å². The zero-order valence-corrected chi connectivity index (χ0v) is 20.6. The van der Waals surface area contributed by atoms with E-state index >= 15 is 0 Å². The number of aryl methyl sites for hydroxylation is 1. The molecule has 3 aromatic heterocycles. The normalized spacial score (nSPS) is 12.5. The lowest BCUT2D eigenvalue weighted by molar-refractivity contribution is -0.138. The van der Waals surface area contributed by atoms with Crippen LogP contribution in [0.15, 0.2) is 52.6 Å². The number of hydrogen-bond acceptors (Lipinski definition) is 8. The second-order valence-electron chi connectivity index (χ2n) is 8.72. The third kappa shape index (κ3) is 6.39. The zero-order chi connectivity index (χ0) is 28.2. The fraction of sp³-hybridized carbons (Fsp3) is 0.320. The molecule has 0 fully saturated rings. The van der Waals surface area contributed by atoms with Gasteiger partial charge in [0.1, 0.15) is 18.0 Å². The number of anilines is 1. The van der Waals surface area contributed by atoms with Gasteiger partial charge in [0.25, 0.3) is 11.1 Å². The Morgan fingerprint density at radius 2 is 1.92 bits per heavy atom. The number of nitrogens with one attached hydrogen (secondary N) is 2. The third-order valence-electron chi connectivity index (χ3n) is 5.87. The van der Waals surface area contributed by atoms with E-state index in [2.05, 4.69) is 20.4 Å². The van der Waals surface area contributed by atoms with Crippen molar-refractivity contribution in [3.63, 3.8) is 0 Å². The maximum Gasteiger partial charge on any atom is 0.423 e. The first kappa shape index (κ1) is 27.7. The number of halogens is 4. The van der Waals surface area contributed by atoms with E-state index in [9.17, 15) is 27.2 Å². The van der Waals surface area contributed by atoms with Crippen LogP contribution in [-0.4, -0.2) is 49.1 Å². The predicted octanol–water partition coefficient (Wildman–Crippen LogP) is 3.35. The zero-order valence-electron chi connectivity index (χ0n) is 20.6. The van der Waals surface area contributed by atoms with E-state index in [0.717, 1.165) is 12.3 Å². The second kappa shape index (κ2) is 11.6. The average molecular weight is 548 g/mol. The smallest absolute Gasteiger partial charge is 0.423 e. The number of H-pyrrole nitrogens is 1. The minimum Gasteiger partial charge on any atom is -0.488 e. The molecule has 3 heterocycles. The van der Waals surface area contributed by atoms with Crippen molar-refractivity contribution in [2.45, 2.75) is 38.5 Å². The summed E-state index contributed by atoms with van der Waals surface area (Å²) in [6.07, 6.45) is 1.10. The van der Waals surface area contributed by atoms with Gasteiger partial charge in [-0.05, 0) is 43.4 Å². The van der Waals surface area contributed by atoms with E-state index in [1.807, 2.05) is 0 Å². The molecule has 3 N–H and O–H groups in total. The van der Waals surface area contributed by atoms with Gasteiger partial charge >= 0.3 is 6.18 Å². The number of alkyl halides is 3. The molecule has 0 saturated heterocycles. The number of fused-ring (bicyclic) bond motifs is 1. The van der Waals surface area contributed by atoms with Crippen LogP contribution in [0.4, 0.5) is 23.2 Å². The second-order valence-corrected chi connectivity index (χ2v) is 8.72. The molecule has 4 aromatic rings. The Kier molecular flexibility index (Phi) is 8.24. The highest BCUT2D eigenvalue weighted by molar-refractivity contribution is 5.86. The van der Waals surface area contributed by atoms with Crippen molar-refractivity contribution in [3.8, 4) is 17.1 Å². The first-order valence-corrected chi connectivity index (χ1v) is 11.9. The molecule has 39 heavy (non-hydrogen) atoms. The molecular weight excluding hydrogens is 524 g/mol. The number of ether oxygens (including phenoxy) is 1. The van der Waals surface area contributed by atoms with Gasteiger partial charge in [0.2, 0.25) is 0 Å². The number of aromatic amines is 1. The van der Waals surface area contributed by atoms with Crippen LogP contribution < -0.4 is 21.2 Å². The molecule has 0 saturated carbocycles. The summed E-state index contributed by atoms with van der Waals surface area (Å²) < 4.78 is 61.2. The summed E-state index contributed by atoms with van der Waals surface area (Å²) in [5.41, 5.74) is -3.45. The molecule has 0 unspecified atom stereocenters. The van der Waals surface area contributed by atoms with Gasteiger partial charge in [-0.15, -0.1) is 0 Å². The number of aliphatic hydroxyl groups excluding tert-OH is 1. The van der Waals surface area contributed by atoms with E-state index in [1.54, 1.807) is 24.3 Å². The first-order valence-electron chi connectivity index (χ1n) is 11.9. The van der Waals surface area contributed by atoms with Crippen molar-refractivity contribution in [2.24, 2.45) is 0 Å². The summed E-state index contributed by atoms with van der Waals surface area (Å²) in [6, 6.07) is 3.77. The summed E-state index contributed by atoms with van der Waals surface area (Å²) in [5.74, 6) is -0.275. The number of benzene rings is 1. The first-order chi connectivity index (χ1) is 18.6. The Bertz CT molecular complexity index is 1570. The van der Waals surface area contributed by atoms with E-state index in [4.69, 9.17) is 9.84 Å². The van der Waals surface area contributed by atoms with Crippen LogP contribution in [0.25, 0.3) is 22.2 Å². The summed E-state index contributed by atoms with van der Waals surface area (Å²) in [7, 11) is 0. The number of nitrogens with zero attached hydrogens (tertiary/aromatic N) is 4. The Morgan fingerprint density at radius 1 is 1.18 bits per heavy atom. The molecule has 1 atom stereocenters. The van der Waals surface area contributed by atoms with Crippen LogP contribution >= 0.6 is 0 Å². The molecule has 4 rings (SSSR count). The highest BCUT2D eigenvalue weighted by atomic mass is 19.4. The van der Waals surface area contributed by atoms with Gasteiger partial charge in [0.15, 0.2) is 11.6 Å². The molecule has 0 aliphatic rings. The fourth-order valence-electron chi connectivity index (χ4n) is 4.04. The van der Waals surface area contributed by atoms with Gasteiger partial charge in [-0.1, -0.05) is 0 Å². The predicted molar refractivity (Wildman–Crippen MR) is 134 cm³/mol. The molecule has 206 valence electrons. The maximum absolute atomic E-state index is 14.9. The van der Waals surface area contributed by atoms with Gasteiger partial charge in [-0.25, -0.2) is 19.5 Å². The number of aliphatic hydroxyl groups is 1. The maximum atomic E-state index is 14.9. The van der Waals surface area contributed by atoms with E-state index in [-0.39, 0.29) is 36.5 Å². The SMILES string of the molecule is C[C@@H](CCCn1ccc2cc(-c3ncc(OCCO)cn3)c(F)cc2c1=O)Nc1cn[nH]c(=O)c1C(F)(F)F. The van der Waals surface area contributed by atoms with E-state index < -0.39 is 40.4 Å². The number of aromatic nitrogens is 5. The lowest BCUT2D eigenvalue weighted by Gasteiger charge is -2.18. The lowest BCUT2D eigenvalue weighted by atomic mass is 10.1. The van der Waals surface area contributed by atoms with Crippen molar-refractivity contribution in [1.82, 2.24) is 24.7 Å². The molecule has 0 radical (unpaired) electrons. The molecule has 0 aliphatic carbocycles. The largest absolute Gasteiger partial charge is 0.488 e. The van der Waals surface area contributed by atoms with E-state index in [0.29, 0.717) is 24.0 Å². The summed E-state index contributed by atoms with van der Waals surface area (Å²) in [4.78, 5) is 32.8. The Morgan fingerprint density at radius 3 is 2.62 bits per heavy atom. The summed E-state index contributed by atoms with van der Waals surface area (Å²) >= 11 is 0. The summed E-state index contributed by atoms with van der Waals surface area (Å²) in [5, 5.41) is 17.3. The number of hydrogen-bond donors (Lipinski definition) is 3. The van der Waals surface area contributed by atoms with Crippen molar-refractivity contribution >= 4 is 16.5 Å². The van der Waals surface area contributed by atoms with Crippen LogP contribution in [0, 0.1) is 5.82 Å². The Labute approximate surface area is 218 Å². The third-order valence-corrected chi connectivity index (χ3v) is 5.87. The van der Waals surface area contributed by atoms with Gasteiger partial charge in [-0.3, -0.25) is 9.59 Å². The van der Waals surface area contributed by atoms with Crippen molar-refractivity contribution in [1.29, 1.82) is 0 Å². The van der Waals surface area contributed by atoms with Crippen LogP contribution in [0.1, 0.15) is 25.3 Å². The molecular formula is C25H24F4N6O4. The van der Waals surface area contributed by atoms with E-state index in [1.165, 1.54) is 23.0 Å². The fourth-order valence-corrected chi connectivity index (χ4v) is 4.04. The van der Waals surface area contributed by atoms with Gasteiger partial charge in [0, 0.05) is 18.8 Å². The standard InChI is InChI=1S/C25H24F4N6O4/c1-14(33-20-13-32-34-23(37)21(20)25(27,28)29)3-2-5-35-6-4-15-9-18(19(26)10-17(15)24(35)38)22-30-11-16(12-31-22)39-8-7-36/h4,6,9-14,36H,2-3,5,7-8H2,1H3,(H2,33,34,37)/t14-/m0/s1. The van der Waals surface area contributed by atoms with Crippen molar-refractivity contribution in [2.75, 3.05) is 18.5 Å². The minimum atomic E-state index is -4.85. The molecule has 0 spiro atoms. The van der Waals surface area contributed by atoms with Crippen LogP contribution in [0.5, 0.6) is 5.75 Å². The van der Waals surface area contributed by atoms with Crippen LogP contribution in [0.3, 0.4) is 0 Å². The molecule has 1 aromatic carbocycles. The average Bonchev–Trinajstić information content (AvgIpc) is 2.88. The Hall–Kier alpha value is -4.33. The molecule has 0 amide bonds. The highest BCUT2D eigenvalue weighted by Crippen LogP contribution is 2.32. The number of rotatable bonds is 10. The van der Waals surface area contributed by atoms with Crippen molar-refractivity contribution in [3.05, 3.63) is 75.1 Å². The van der Waals surface area contributed by atoms with Crippen LogP contribution in [-0.2, 0) is 12.7 Å². The van der Waals surface area contributed by atoms with Crippen molar-refractivity contribution < 1.29 is 27.4 Å². The number of pyridine rings is 1. The lowest BCUT2D eigenvalue weighted by Crippen LogP contribution is -2.27. The van der Waals surface area contributed by atoms with Gasteiger partial charge < -0.3 is 19.7 Å². The van der Waals surface area contributed by atoms with Gasteiger partial charge in [0.05, 0.1) is 41.8 Å². The highest BCUT2D eigenvalue weighted by Gasteiger charge is 2.37. The summed E-state index contributed by atoms with van der Waals surface area (Å²) in [6.45, 7) is 1.78.